The quantitative estimate of drug-likeness (QED) is 0.391. The molecule has 1 aliphatic rings. The molecule has 2 heterocycles. The lowest BCUT2D eigenvalue weighted by Crippen LogP contribution is -2.46. The van der Waals surface area contributed by atoms with Crippen molar-refractivity contribution in [2.45, 2.75) is 13.5 Å². The standard InChI is InChI=1S/C29H33N5O3/c1-22-4-10-26(19-27(22)32-28(36)11-7-23-3-2-12-30-20-23)31-29(37)25-8-5-24(6-9-25)21-34-15-13-33(14-16-34)17-18-35/h2-12,19-20,35H,13-18,21H2,1H3,(H,31,37)(H,32,36). The van der Waals surface area contributed by atoms with E-state index in [9.17, 15) is 9.59 Å². The number of aryl methyl sites for hydroxylation is 1. The number of piperazine rings is 1. The number of amides is 2. The molecule has 0 spiro atoms. The number of nitrogens with zero attached hydrogens (tertiary/aromatic N) is 3. The summed E-state index contributed by atoms with van der Waals surface area (Å²) in [7, 11) is 0. The Balaban J connectivity index is 1.31. The maximum absolute atomic E-state index is 12.8. The van der Waals surface area contributed by atoms with Gasteiger partial charge in [-0.3, -0.25) is 24.4 Å². The van der Waals surface area contributed by atoms with Gasteiger partial charge in [0.1, 0.15) is 0 Å². The number of β-amino-alcohol motifs (C(OH)–C–C–N with tert-alkyl or cyclic N) is 1. The molecule has 0 radical (unpaired) electrons. The molecular formula is C29H33N5O3. The first-order chi connectivity index (χ1) is 18.0. The van der Waals surface area contributed by atoms with Crippen molar-refractivity contribution in [3.05, 3.63) is 95.3 Å². The first-order valence-corrected chi connectivity index (χ1v) is 12.5. The van der Waals surface area contributed by atoms with E-state index >= 15 is 0 Å². The zero-order valence-electron chi connectivity index (χ0n) is 21.1. The molecule has 2 aromatic carbocycles. The van der Waals surface area contributed by atoms with E-state index in [4.69, 9.17) is 5.11 Å². The second kappa shape index (κ2) is 12.9. The average Bonchev–Trinajstić information content (AvgIpc) is 2.92. The Morgan fingerprint density at radius 3 is 2.46 bits per heavy atom. The van der Waals surface area contributed by atoms with Gasteiger partial charge in [0.2, 0.25) is 5.91 Å². The number of nitrogens with one attached hydrogen (secondary N) is 2. The van der Waals surface area contributed by atoms with Crippen LogP contribution in [0.25, 0.3) is 6.08 Å². The number of carbonyl (C=O) groups is 2. The smallest absolute Gasteiger partial charge is 0.255 e. The molecule has 1 saturated heterocycles. The van der Waals surface area contributed by atoms with Gasteiger partial charge >= 0.3 is 0 Å². The summed E-state index contributed by atoms with van der Waals surface area (Å²) in [5.41, 5.74) is 4.69. The zero-order chi connectivity index (χ0) is 26.0. The number of benzene rings is 2. The van der Waals surface area contributed by atoms with Crippen LogP contribution >= 0.6 is 0 Å². The molecule has 8 heteroatoms. The van der Waals surface area contributed by atoms with Crippen LogP contribution in [-0.2, 0) is 11.3 Å². The molecule has 192 valence electrons. The summed E-state index contributed by atoms with van der Waals surface area (Å²) in [6, 6.07) is 16.8. The molecule has 0 saturated carbocycles. The van der Waals surface area contributed by atoms with Crippen LogP contribution in [0.1, 0.15) is 27.0 Å². The summed E-state index contributed by atoms with van der Waals surface area (Å²) in [6.07, 6.45) is 6.51. The lowest BCUT2D eigenvalue weighted by atomic mass is 10.1. The minimum absolute atomic E-state index is 0.201. The predicted octanol–water partition coefficient (Wildman–Crippen LogP) is 3.40. The first kappa shape index (κ1) is 26.2. The van der Waals surface area contributed by atoms with Gasteiger partial charge in [-0.2, -0.15) is 0 Å². The lowest BCUT2D eigenvalue weighted by Gasteiger charge is -2.34. The van der Waals surface area contributed by atoms with Gasteiger partial charge in [0.25, 0.3) is 5.91 Å². The zero-order valence-corrected chi connectivity index (χ0v) is 21.1. The van der Waals surface area contributed by atoms with Crippen molar-refractivity contribution in [1.29, 1.82) is 0 Å². The Hall–Kier alpha value is -3.85. The van der Waals surface area contributed by atoms with Crippen molar-refractivity contribution in [3.8, 4) is 0 Å². The highest BCUT2D eigenvalue weighted by Crippen LogP contribution is 2.21. The number of aliphatic hydroxyl groups is 1. The first-order valence-electron chi connectivity index (χ1n) is 12.5. The number of hydrogen-bond donors (Lipinski definition) is 3. The molecule has 3 N–H and O–H groups in total. The molecular weight excluding hydrogens is 466 g/mol. The van der Waals surface area contributed by atoms with Crippen LogP contribution in [0.4, 0.5) is 11.4 Å². The summed E-state index contributed by atoms with van der Waals surface area (Å²) in [4.78, 5) is 33.9. The van der Waals surface area contributed by atoms with E-state index in [1.807, 2.05) is 55.5 Å². The normalized spacial score (nSPS) is 14.5. The molecule has 37 heavy (non-hydrogen) atoms. The maximum atomic E-state index is 12.8. The van der Waals surface area contributed by atoms with Crippen LogP contribution in [0.3, 0.4) is 0 Å². The number of aromatic nitrogens is 1. The summed E-state index contributed by atoms with van der Waals surface area (Å²) in [6.45, 7) is 7.52. The number of hydrogen-bond acceptors (Lipinski definition) is 6. The van der Waals surface area contributed by atoms with Gasteiger partial charge in [0.05, 0.1) is 6.61 Å². The third-order valence-electron chi connectivity index (χ3n) is 6.37. The van der Waals surface area contributed by atoms with Crippen LogP contribution in [0.5, 0.6) is 0 Å². The summed E-state index contributed by atoms with van der Waals surface area (Å²) in [5, 5.41) is 14.9. The van der Waals surface area contributed by atoms with E-state index in [0.717, 1.165) is 56.0 Å². The summed E-state index contributed by atoms with van der Waals surface area (Å²) in [5.74, 6) is -0.470. The molecule has 1 aromatic heterocycles. The van der Waals surface area contributed by atoms with Crippen LogP contribution < -0.4 is 10.6 Å². The van der Waals surface area contributed by atoms with Gasteiger partial charge in [-0.05, 0) is 60.0 Å². The highest BCUT2D eigenvalue weighted by molar-refractivity contribution is 6.05. The van der Waals surface area contributed by atoms with Crippen LogP contribution in [-0.4, -0.2) is 71.0 Å². The largest absolute Gasteiger partial charge is 0.395 e. The molecule has 2 amide bonds. The van der Waals surface area contributed by atoms with Crippen molar-refractivity contribution in [2.75, 3.05) is 50.0 Å². The third-order valence-corrected chi connectivity index (χ3v) is 6.37. The molecule has 0 bridgehead atoms. The monoisotopic (exact) mass is 499 g/mol. The number of carbonyl (C=O) groups excluding carboxylic acids is 2. The Morgan fingerprint density at radius 2 is 1.76 bits per heavy atom. The van der Waals surface area contributed by atoms with Gasteiger partial charge < -0.3 is 15.7 Å². The average molecular weight is 500 g/mol. The van der Waals surface area contributed by atoms with Crippen LogP contribution in [0, 0.1) is 6.92 Å². The molecule has 0 aliphatic carbocycles. The summed E-state index contributed by atoms with van der Waals surface area (Å²) < 4.78 is 0. The van der Waals surface area contributed by atoms with Crippen LogP contribution in [0.15, 0.2) is 73.1 Å². The summed E-state index contributed by atoms with van der Waals surface area (Å²) >= 11 is 0. The minimum Gasteiger partial charge on any atom is -0.395 e. The molecule has 4 rings (SSSR count). The van der Waals surface area contributed by atoms with Crippen molar-refractivity contribution in [2.24, 2.45) is 0 Å². The predicted molar refractivity (Wildman–Crippen MR) is 146 cm³/mol. The lowest BCUT2D eigenvalue weighted by molar-refractivity contribution is -0.111. The van der Waals surface area contributed by atoms with Gasteiger partial charge in [0.15, 0.2) is 0 Å². The SMILES string of the molecule is Cc1ccc(NC(=O)c2ccc(CN3CCN(CCO)CC3)cc2)cc1NC(=O)C=Cc1cccnc1. The van der Waals surface area contributed by atoms with Crippen molar-refractivity contribution in [1.82, 2.24) is 14.8 Å². The van der Waals surface area contributed by atoms with Gasteiger partial charge in [-0.15, -0.1) is 0 Å². The molecule has 0 atom stereocenters. The number of rotatable bonds is 9. The Kier molecular flexibility index (Phi) is 9.15. The third kappa shape index (κ3) is 7.82. The van der Waals surface area contributed by atoms with E-state index in [2.05, 4.69) is 25.4 Å². The fourth-order valence-electron chi connectivity index (χ4n) is 4.19. The number of anilines is 2. The van der Waals surface area contributed by atoms with E-state index in [-0.39, 0.29) is 18.4 Å². The maximum Gasteiger partial charge on any atom is 0.255 e. The Labute approximate surface area is 217 Å². The fraction of sp³-hybridized carbons (Fsp3) is 0.276. The van der Waals surface area contributed by atoms with Crippen molar-refractivity contribution < 1.29 is 14.7 Å². The van der Waals surface area contributed by atoms with Crippen molar-refractivity contribution >= 4 is 29.3 Å². The Bertz CT molecular complexity index is 1220. The molecule has 8 nitrogen and oxygen atoms in total. The highest BCUT2D eigenvalue weighted by atomic mass is 16.3. The minimum atomic E-state index is -0.263. The van der Waals surface area contributed by atoms with Crippen LogP contribution in [0.2, 0.25) is 0 Å². The van der Waals surface area contributed by atoms with Gasteiger partial charge in [-0.1, -0.05) is 24.3 Å². The Morgan fingerprint density at radius 1 is 1.00 bits per heavy atom. The van der Waals surface area contributed by atoms with E-state index in [1.165, 1.54) is 6.08 Å². The van der Waals surface area contributed by atoms with Crippen molar-refractivity contribution in [3.63, 3.8) is 0 Å². The second-order valence-electron chi connectivity index (χ2n) is 9.13. The topological polar surface area (TPSA) is 97.8 Å². The molecule has 1 fully saturated rings. The second-order valence-corrected chi connectivity index (χ2v) is 9.13. The highest BCUT2D eigenvalue weighted by Gasteiger charge is 2.16. The van der Waals surface area contributed by atoms with E-state index < -0.39 is 0 Å². The fourth-order valence-corrected chi connectivity index (χ4v) is 4.19. The molecule has 0 unspecified atom stereocenters. The van der Waals surface area contributed by atoms with Gasteiger partial charge in [-0.25, -0.2) is 0 Å². The van der Waals surface area contributed by atoms with E-state index in [0.29, 0.717) is 16.9 Å². The van der Waals surface area contributed by atoms with E-state index in [1.54, 1.807) is 24.5 Å². The molecule has 1 aliphatic heterocycles. The van der Waals surface area contributed by atoms with Gasteiger partial charge in [0, 0.05) is 74.7 Å². The number of pyridine rings is 1. The number of aliphatic hydroxyl groups excluding tert-OH is 1. The molecule has 3 aromatic rings.